The number of H-pyrrole nitrogens is 1. The normalized spacial score (nSPS) is 10.7. The van der Waals surface area contributed by atoms with Gasteiger partial charge in [0.2, 0.25) is 0 Å². The van der Waals surface area contributed by atoms with E-state index in [0.29, 0.717) is 24.3 Å². The largest absolute Gasteiger partial charge is 0.373 e. The molecule has 3 N–H and O–H groups in total. The van der Waals surface area contributed by atoms with Gasteiger partial charge in [-0.2, -0.15) is 0 Å². The molecule has 0 aliphatic carbocycles. The van der Waals surface area contributed by atoms with Crippen LogP contribution in [0.2, 0.25) is 0 Å². The Morgan fingerprint density at radius 2 is 2.19 bits per heavy atom. The van der Waals surface area contributed by atoms with E-state index < -0.39 is 0 Å². The summed E-state index contributed by atoms with van der Waals surface area (Å²) in [5.74, 6) is 1.75. The maximum Gasteiger partial charge on any atom is 0.251 e. The summed E-state index contributed by atoms with van der Waals surface area (Å²) < 4.78 is 0. The smallest absolute Gasteiger partial charge is 0.251 e. The van der Waals surface area contributed by atoms with Crippen LogP contribution in [0.25, 0.3) is 0 Å². The van der Waals surface area contributed by atoms with Crippen LogP contribution in [0, 0.1) is 0 Å². The quantitative estimate of drug-likeness (QED) is 0.758. The molecule has 0 spiro atoms. The fraction of sp³-hybridized carbons (Fsp3) is 0.400. The number of nitrogens with zero attached hydrogens (tertiary/aromatic N) is 2. The van der Waals surface area contributed by atoms with Crippen LogP contribution in [-0.4, -0.2) is 34.5 Å². The van der Waals surface area contributed by atoms with Crippen molar-refractivity contribution in [2.24, 2.45) is 0 Å². The topological polar surface area (TPSA) is 82.7 Å². The molecule has 0 saturated carbocycles. The third-order valence-corrected chi connectivity index (χ3v) is 3.16. The van der Waals surface area contributed by atoms with Crippen molar-refractivity contribution < 1.29 is 4.79 Å². The van der Waals surface area contributed by atoms with Gasteiger partial charge in [-0.1, -0.05) is 13.8 Å². The highest BCUT2D eigenvalue weighted by molar-refractivity contribution is 5.95. The molecule has 0 aromatic carbocycles. The molecule has 0 saturated heterocycles. The van der Waals surface area contributed by atoms with E-state index in [9.17, 15) is 4.79 Å². The van der Waals surface area contributed by atoms with Crippen LogP contribution < -0.4 is 10.6 Å². The number of carbonyl (C=O) groups is 1. The highest BCUT2D eigenvalue weighted by Gasteiger charge is 2.11. The minimum absolute atomic E-state index is 0.0950. The highest BCUT2D eigenvalue weighted by Crippen LogP contribution is 2.17. The second kappa shape index (κ2) is 6.88. The predicted molar refractivity (Wildman–Crippen MR) is 82.5 cm³/mol. The lowest BCUT2D eigenvalue weighted by Crippen LogP contribution is -2.26. The van der Waals surface area contributed by atoms with Gasteiger partial charge in [-0.15, -0.1) is 0 Å². The van der Waals surface area contributed by atoms with Gasteiger partial charge < -0.3 is 15.6 Å². The molecule has 2 aromatic rings. The number of pyridine rings is 1. The molecule has 2 aromatic heterocycles. The molecule has 0 radical (unpaired) electrons. The van der Waals surface area contributed by atoms with Crippen molar-refractivity contribution in [3.63, 3.8) is 0 Å². The number of imidazole rings is 1. The van der Waals surface area contributed by atoms with Gasteiger partial charge in [0, 0.05) is 43.7 Å². The Labute approximate surface area is 124 Å². The third-order valence-electron chi connectivity index (χ3n) is 3.16. The zero-order chi connectivity index (χ0) is 15.2. The molecular weight excluding hydrogens is 266 g/mol. The van der Waals surface area contributed by atoms with E-state index in [0.717, 1.165) is 11.5 Å². The van der Waals surface area contributed by atoms with Crippen molar-refractivity contribution in [3.8, 4) is 0 Å². The van der Waals surface area contributed by atoms with E-state index >= 15 is 0 Å². The van der Waals surface area contributed by atoms with E-state index in [1.54, 1.807) is 25.5 Å². The molecule has 6 heteroatoms. The number of rotatable bonds is 6. The average Bonchev–Trinajstić information content (AvgIpc) is 2.99. The van der Waals surface area contributed by atoms with Crippen molar-refractivity contribution >= 4 is 11.7 Å². The fourth-order valence-electron chi connectivity index (χ4n) is 1.94. The van der Waals surface area contributed by atoms with Gasteiger partial charge in [-0.25, -0.2) is 9.97 Å². The van der Waals surface area contributed by atoms with Gasteiger partial charge in [0.1, 0.15) is 11.6 Å². The number of amides is 1. The molecule has 0 bridgehead atoms. The van der Waals surface area contributed by atoms with Crippen LogP contribution in [0.4, 0.5) is 5.82 Å². The summed E-state index contributed by atoms with van der Waals surface area (Å²) in [6.07, 6.45) is 4.15. The first-order valence-electron chi connectivity index (χ1n) is 7.06. The molecule has 112 valence electrons. The first kappa shape index (κ1) is 15.0. The number of aromatic nitrogens is 3. The molecule has 2 rings (SSSR count). The first-order chi connectivity index (χ1) is 10.1. The highest BCUT2D eigenvalue weighted by atomic mass is 16.1. The Hall–Kier alpha value is -2.37. The predicted octanol–water partition coefficient (Wildman–Crippen LogP) is 1.94. The SMILES string of the molecule is CNc1cc(C(=O)NCCc2ncc[nH]2)cc(C(C)C)n1. The molecule has 21 heavy (non-hydrogen) atoms. The molecule has 6 nitrogen and oxygen atoms in total. The maximum absolute atomic E-state index is 12.2. The summed E-state index contributed by atoms with van der Waals surface area (Å²) in [6, 6.07) is 3.60. The lowest BCUT2D eigenvalue weighted by atomic mass is 10.1. The lowest BCUT2D eigenvalue weighted by molar-refractivity contribution is 0.0954. The molecule has 2 heterocycles. The number of aromatic amines is 1. The zero-order valence-electron chi connectivity index (χ0n) is 12.6. The van der Waals surface area contributed by atoms with Crippen molar-refractivity contribution in [3.05, 3.63) is 41.6 Å². The van der Waals surface area contributed by atoms with Gasteiger partial charge >= 0.3 is 0 Å². The Morgan fingerprint density at radius 3 is 2.81 bits per heavy atom. The van der Waals surface area contributed by atoms with E-state index in [1.165, 1.54) is 0 Å². The van der Waals surface area contributed by atoms with Crippen LogP contribution in [0.5, 0.6) is 0 Å². The van der Waals surface area contributed by atoms with E-state index in [2.05, 4.69) is 39.4 Å². The van der Waals surface area contributed by atoms with Gasteiger partial charge in [-0.05, 0) is 18.1 Å². The van der Waals surface area contributed by atoms with Gasteiger partial charge in [0.15, 0.2) is 0 Å². The number of carbonyl (C=O) groups excluding carboxylic acids is 1. The number of hydrogen-bond acceptors (Lipinski definition) is 4. The van der Waals surface area contributed by atoms with Crippen LogP contribution in [0.3, 0.4) is 0 Å². The average molecular weight is 287 g/mol. The summed E-state index contributed by atoms with van der Waals surface area (Å²) in [5, 5.41) is 5.89. The fourth-order valence-corrected chi connectivity index (χ4v) is 1.94. The molecule has 1 amide bonds. The molecule has 0 atom stereocenters. The first-order valence-corrected chi connectivity index (χ1v) is 7.06. The van der Waals surface area contributed by atoms with E-state index in [-0.39, 0.29) is 11.8 Å². The third kappa shape index (κ3) is 4.05. The maximum atomic E-state index is 12.2. The van der Waals surface area contributed by atoms with Crippen molar-refractivity contribution in [2.75, 3.05) is 18.9 Å². The van der Waals surface area contributed by atoms with Crippen molar-refractivity contribution in [1.29, 1.82) is 0 Å². The van der Waals surface area contributed by atoms with Gasteiger partial charge in [0.05, 0.1) is 0 Å². The minimum atomic E-state index is -0.0950. The second-order valence-electron chi connectivity index (χ2n) is 5.11. The standard InChI is InChI=1S/C15H21N5O/c1-10(2)12-8-11(9-14(16-3)20-12)15(21)19-5-4-13-17-6-7-18-13/h6-10H,4-5H2,1-3H3,(H,16,20)(H,17,18)(H,19,21). The molecule has 0 unspecified atom stereocenters. The summed E-state index contributed by atoms with van der Waals surface area (Å²) in [7, 11) is 1.80. The monoisotopic (exact) mass is 287 g/mol. The molecule has 0 aliphatic heterocycles. The van der Waals surface area contributed by atoms with Gasteiger partial charge in [-0.3, -0.25) is 4.79 Å². The Balaban J connectivity index is 2.02. The van der Waals surface area contributed by atoms with E-state index in [1.807, 2.05) is 6.07 Å². The van der Waals surface area contributed by atoms with E-state index in [4.69, 9.17) is 0 Å². The minimum Gasteiger partial charge on any atom is -0.373 e. The number of anilines is 1. The Bertz CT molecular complexity index is 592. The number of hydrogen-bond donors (Lipinski definition) is 3. The summed E-state index contributed by atoms with van der Waals surface area (Å²) in [4.78, 5) is 23.8. The van der Waals surface area contributed by atoms with Crippen molar-refractivity contribution in [2.45, 2.75) is 26.2 Å². The Morgan fingerprint density at radius 1 is 1.38 bits per heavy atom. The molecular formula is C15H21N5O. The van der Waals surface area contributed by atoms with Crippen LogP contribution in [-0.2, 0) is 6.42 Å². The second-order valence-corrected chi connectivity index (χ2v) is 5.11. The van der Waals surface area contributed by atoms with Crippen molar-refractivity contribution in [1.82, 2.24) is 20.3 Å². The summed E-state index contributed by atoms with van der Waals surface area (Å²) in [5.41, 5.74) is 1.52. The van der Waals surface area contributed by atoms with Gasteiger partial charge in [0.25, 0.3) is 5.91 Å². The zero-order valence-corrected chi connectivity index (χ0v) is 12.6. The summed E-state index contributed by atoms with van der Waals surface area (Å²) in [6.45, 7) is 4.65. The lowest BCUT2D eigenvalue weighted by Gasteiger charge is -2.11. The Kier molecular flexibility index (Phi) is 4.92. The van der Waals surface area contributed by atoms with Crippen LogP contribution in [0.15, 0.2) is 24.5 Å². The summed E-state index contributed by atoms with van der Waals surface area (Å²) >= 11 is 0. The van der Waals surface area contributed by atoms with Crippen LogP contribution in [0.1, 0.15) is 41.6 Å². The van der Waals surface area contributed by atoms with Crippen LogP contribution >= 0.6 is 0 Å². The number of nitrogens with one attached hydrogen (secondary N) is 3. The molecule has 0 aliphatic rings. The molecule has 0 fully saturated rings.